The molecule has 0 fully saturated rings. The van der Waals surface area contributed by atoms with Gasteiger partial charge in [-0.25, -0.2) is 0 Å². The fourth-order valence-corrected chi connectivity index (χ4v) is 2.16. The van der Waals surface area contributed by atoms with Gasteiger partial charge in [-0.3, -0.25) is 14.5 Å². The Labute approximate surface area is 123 Å². The second-order valence-corrected chi connectivity index (χ2v) is 5.30. The Balaban J connectivity index is 3.10. The summed E-state index contributed by atoms with van der Waals surface area (Å²) >= 11 is 11.8. The molecule has 0 spiro atoms. The minimum absolute atomic E-state index is 0.205. The van der Waals surface area contributed by atoms with E-state index in [1.165, 1.54) is 13.0 Å². The van der Waals surface area contributed by atoms with Gasteiger partial charge in [0.25, 0.3) is 0 Å². The first-order valence-corrected chi connectivity index (χ1v) is 6.93. The van der Waals surface area contributed by atoms with Crippen LogP contribution in [0.3, 0.4) is 0 Å². The lowest BCUT2D eigenvalue weighted by Crippen LogP contribution is -2.38. The molecule has 0 saturated heterocycles. The zero-order valence-corrected chi connectivity index (χ0v) is 12.8. The van der Waals surface area contributed by atoms with Crippen molar-refractivity contribution in [3.63, 3.8) is 0 Å². The van der Waals surface area contributed by atoms with Crippen LogP contribution in [0.5, 0.6) is 0 Å². The highest BCUT2D eigenvalue weighted by molar-refractivity contribution is 6.42. The summed E-state index contributed by atoms with van der Waals surface area (Å²) in [7, 11) is 0. The van der Waals surface area contributed by atoms with Crippen molar-refractivity contribution in [3.8, 4) is 0 Å². The van der Waals surface area contributed by atoms with E-state index in [1.807, 2.05) is 13.8 Å². The molecule has 1 aromatic rings. The molecule has 2 amide bonds. The van der Waals surface area contributed by atoms with Gasteiger partial charge < -0.3 is 0 Å². The smallest absolute Gasteiger partial charge is 0.236 e. The molecule has 19 heavy (non-hydrogen) atoms. The van der Waals surface area contributed by atoms with Gasteiger partial charge in [-0.1, -0.05) is 43.5 Å². The molecule has 0 radical (unpaired) electrons. The predicted molar refractivity (Wildman–Crippen MR) is 78.7 cm³/mol. The first kappa shape index (κ1) is 16.0. The Morgan fingerprint density at radius 1 is 1.26 bits per heavy atom. The Hall–Kier alpha value is -1.06. The van der Waals surface area contributed by atoms with Gasteiger partial charge in [-0.15, -0.1) is 0 Å². The summed E-state index contributed by atoms with van der Waals surface area (Å²) in [6.07, 6.45) is 1.63. The molecule has 5 heteroatoms. The SMILES string of the molecule is CCCC(C)C(=O)N(C(C)=O)c1ccc(Cl)c(Cl)c1. The van der Waals surface area contributed by atoms with Crippen LogP contribution in [0.2, 0.25) is 10.0 Å². The summed E-state index contributed by atoms with van der Waals surface area (Å²) in [5.41, 5.74) is 0.454. The monoisotopic (exact) mass is 301 g/mol. The molecule has 0 aromatic heterocycles. The molecule has 0 heterocycles. The van der Waals surface area contributed by atoms with E-state index in [0.29, 0.717) is 15.7 Å². The van der Waals surface area contributed by atoms with E-state index in [9.17, 15) is 9.59 Å². The molecule has 0 aliphatic heterocycles. The number of imide groups is 1. The molecule has 104 valence electrons. The van der Waals surface area contributed by atoms with Crippen molar-refractivity contribution in [1.29, 1.82) is 0 Å². The quantitative estimate of drug-likeness (QED) is 0.831. The van der Waals surface area contributed by atoms with E-state index in [1.54, 1.807) is 12.1 Å². The van der Waals surface area contributed by atoms with Crippen molar-refractivity contribution < 1.29 is 9.59 Å². The molecule has 0 saturated carbocycles. The van der Waals surface area contributed by atoms with Crippen molar-refractivity contribution in [3.05, 3.63) is 28.2 Å². The van der Waals surface area contributed by atoms with E-state index in [2.05, 4.69) is 0 Å². The zero-order chi connectivity index (χ0) is 14.6. The Bertz CT molecular complexity index is 488. The van der Waals surface area contributed by atoms with Crippen LogP contribution >= 0.6 is 23.2 Å². The minimum Gasteiger partial charge on any atom is -0.274 e. The number of carbonyl (C=O) groups excluding carboxylic acids is 2. The van der Waals surface area contributed by atoms with Crippen molar-refractivity contribution in [2.45, 2.75) is 33.6 Å². The predicted octanol–water partition coefficient (Wildman–Crippen LogP) is 4.31. The van der Waals surface area contributed by atoms with E-state index >= 15 is 0 Å². The summed E-state index contributed by atoms with van der Waals surface area (Å²) in [6.45, 7) is 5.18. The number of benzene rings is 1. The van der Waals surface area contributed by atoms with E-state index in [0.717, 1.165) is 17.7 Å². The number of hydrogen-bond donors (Lipinski definition) is 0. The second kappa shape index (κ2) is 6.92. The molecule has 1 aromatic carbocycles. The molecule has 0 aliphatic carbocycles. The van der Waals surface area contributed by atoms with Crippen LogP contribution in [0.15, 0.2) is 18.2 Å². The standard InChI is InChI=1S/C14H17Cl2NO2/c1-4-5-9(2)14(19)17(10(3)18)11-6-7-12(15)13(16)8-11/h6-9H,4-5H2,1-3H3. The Morgan fingerprint density at radius 2 is 1.89 bits per heavy atom. The number of halogens is 2. The van der Waals surface area contributed by atoms with E-state index in [4.69, 9.17) is 23.2 Å². The molecular weight excluding hydrogens is 285 g/mol. The van der Waals surface area contributed by atoms with E-state index < -0.39 is 0 Å². The molecule has 1 atom stereocenters. The Morgan fingerprint density at radius 3 is 2.37 bits per heavy atom. The average Bonchev–Trinajstić information content (AvgIpc) is 2.33. The van der Waals surface area contributed by atoms with Crippen molar-refractivity contribution in [2.75, 3.05) is 4.90 Å². The first-order chi connectivity index (χ1) is 8.88. The maximum absolute atomic E-state index is 12.3. The van der Waals surface area contributed by atoms with Gasteiger partial charge in [0.15, 0.2) is 0 Å². The normalized spacial score (nSPS) is 12.1. The summed E-state index contributed by atoms with van der Waals surface area (Å²) in [5.74, 6) is -0.748. The highest BCUT2D eigenvalue weighted by Crippen LogP contribution is 2.28. The third-order valence-corrected chi connectivity index (χ3v) is 3.58. The van der Waals surface area contributed by atoms with Gasteiger partial charge in [-0.2, -0.15) is 0 Å². The van der Waals surface area contributed by atoms with Gasteiger partial charge >= 0.3 is 0 Å². The molecular formula is C14H17Cl2NO2. The lowest BCUT2D eigenvalue weighted by molar-refractivity contribution is -0.127. The second-order valence-electron chi connectivity index (χ2n) is 4.48. The highest BCUT2D eigenvalue weighted by Gasteiger charge is 2.25. The molecule has 0 aliphatic rings. The number of carbonyl (C=O) groups is 2. The summed E-state index contributed by atoms with van der Waals surface area (Å²) in [6, 6.07) is 4.72. The highest BCUT2D eigenvalue weighted by atomic mass is 35.5. The van der Waals surface area contributed by atoms with Crippen LogP contribution in [-0.2, 0) is 9.59 Å². The number of amides is 2. The van der Waals surface area contributed by atoms with Gasteiger partial charge in [0.1, 0.15) is 0 Å². The Kier molecular flexibility index (Phi) is 5.83. The van der Waals surface area contributed by atoms with Crippen LogP contribution in [-0.4, -0.2) is 11.8 Å². The van der Waals surface area contributed by atoms with Gasteiger partial charge in [0.05, 0.1) is 15.7 Å². The summed E-state index contributed by atoms with van der Waals surface area (Å²) in [4.78, 5) is 25.2. The van der Waals surface area contributed by atoms with Crippen LogP contribution in [0.25, 0.3) is 0 Å². The fraction of sp³-hybridized carbons (Fsp3) is 0.429. The lowest BCUT2D eigenvalue weighted by Gasteiger charge is -2.23. The van der Waals surface area contributed by atoms with Crippen LogP contribution in [0.1, 0.15) is 33.6 Å². The van der Waals surface area contributed by atoms with Gasteiger partial charge in [0.2, 0.25) is 11.8 Å². The number of nitrogens with zero attached hydrogens (tertiary/aromatic N) is 1. The summed E-state index contributed by atoms with van der Waals surface area (Å²) < 4.78 is 0. The third kappa shape index (κ3) is 3.95. The largest absolute Gasteiger partial charge is 0.274 e. The minimum atomic E-state index is -0.327. The lowest BCUT2D eigenvalue weighted by atomic mass is 10.0. The topological polar surface area (TPSA) is 37.4 Å². The maximum Gasteiger partial charge on any atom is 0.236 e. The fourth-order valence-electron chi connectivity index (χ4n) is 1.87. The number of rotatable bonds is 4. The molecule has 0 bridgehead atoms. The van der Waals surface area contributed by atoms with Crippen molar-refractivity contribution in [1.82, 2.24) is 0 Å². The first-order valence-electron chi connectivity index (χ1n) is 6.18. The molecule has 1 unspecified atom stereocenters. The van der Waals surface area contributed by atoms with Crippen LogP contribution < -0.4 is 4.90 Å². The third-order valence-electron chi connectivity index (χ3n) is 2.84. The maximum atomic E-state index is 12.3. The van der Waals surface area contributed by atoms with Crippen LogP contribution in [0.4, 0.5) is 5.69 Å². The van der Waals surface area contributed by atoms with E-state index in [-0.39, 0.29) is 17.7 Å². The van der Waals surface area contributed by atoms with Gasteiger partial charge in [-0.05, 0) is 24.6 Å². The van der Waals surface area contributed by atoms with Crippen LogP contribution in [0, 0.1) is 5.92 Å². The molecule has 0 N–H and O–H groups in total. The zero-order valence-electron chi connectivity index (χ0n) is 11.2. The summed E-state index contributed by atoms with van der Waals surface area (Å²) in [5, 5.41) is 0.712. The number of hydrogen-bond acceptors (Lipinski definition) is 2. The van der Waals surface area contributed by atoms with Gasteiger partial charge in [0, 0.05) is 12.8 Å². The molecule has 1 rings (SSSR count). The average molecular weight is 302 g/mol. The van der Waals surface area contributed by atoms with Crippen molar-refractivity contribution >= 4 is 40.7 Å². The van der Waals surface area contributed by atoms with Crippen molar-refractivity contribution in [2.24, 2.45) is 5.92 Å². The number of anilines is 1. The molecule has 3 nitrogen and oxygen atoms in total.